The first-order valence-corrected chi connectivity index (χ1v) is 8.66. The number of nitrogens with one attached hydrogen (secondary N) is 2. The molecule has 0 fully saturated rings. The van der Waals surface area contributed by atoms with Crippen molar-refractivity contribution in [3.8, 4) is 5.69 Å². The van der Waals surface area contributed by atoms with E-state index >= 15 is 0 Å². The number of H-pyrrole nitrogens is 1. The molecule has 2 N–H and O–H groups in total. The second kappa shape index (κ2) is 8.09. The van der Waals surface area contributed by atoms with E-state index in [4.69, 9.17) is 4.74 Å². The molecule has 0 unspecified atom stereocenters. The molecule has 0 radical (unpaired) electrons. The Bertz CT molecular complexity index is 884. The van der Waals surface area contributed by atoms with E-state index in [1.54, 1.807) is 4.68 Å². The predicted octanol–water partition coefficient (Wildman–Crippen LogP) is 2.54. The summed E-state index contributed by atoms with van der Waals surface area (Å²) in [6, 6.07) is 11.7. The van der Waals surface area contributed by atoms with Gasteiger partial charge in [0.2, 0.25) is 0 Å². The van der Waals surface area contributed by atoms with Crippen LogP contribution in [-0.4, -0.2) is 34.5 Å². The van der Waals surface area contributed by atoms with E-state index in [9.17, 15) is 4.79 Å². The fraction of sp³-hybridized carbons (Fsp3) is 0.368. The Morgan fingerprint density at radius 3 is 2.84 bits per heavy atom. The van der Waals surface area contributed by atoms with Gasteiger partial charge in [-0.1, -0.05) is 18.2 Å². The van der Waals surface area contributed by atoms with Gasteiger partial charge in [0, 0.05) is 30.7 Å². The van der Waals surface area contributed by atoms with E-state index in [2.05, 4.69) is 15.4 Å². The molecule has 25 heavy (non-hydrogen) atoms. The van der Waals surface area contributed by atoms with Crippen molar-refractivity contribution in [2.75, 3.05) is 19.8 Å². The van der Waals surface area contributed by atoms with Crippen molar-refractivity contribution in [1.82, 2.24) is 20.1 Å². The third kappa shape index (κ3) is 3.97. The van der Waals surface area contributed by atoms with Gasteiger partial charge in [-0.3, -0.25) is 4.79 Å². The Morgan fingerprint density at radius 2 is 2.08 bits per heavy atom. The first-order valence-electron chi connectivity index (χ1n) is 8.66. The van der Waals surface area contributed by atoms with Crippen molar-refractivity contribution in [1.29, 1.82) is 0 Å². The van der Waals surface area contributed by atoms with Gasteiger partial charge in [-0.15, -0.1) is 0 Å². The van der Waals surface area contributed by atoms with Crippen molar-refractivity contribution >= 4 is 11.0 Å². The van der Waals surface area contributed by atoms with Crippen LogP contribution in [0.3, 0.4) is 0 Å². The number of ether oxygens (including phenoxy) is 1. The first kappa shape index (κ1) is 17.4. The summed E-state index contributed by atoms with van der Waals surface area (Å²) >= 11 is 0. The number of pyridine rings is 1. The average Bonchev–Trinajstić information content (AvgIpc) is 2.94. The van der Waals surface area contributed by atoms with Crippen LogP contribution in [0.1, 0.15) is 24.6 Å². The molecule has 0 amide bonds. The largest absolute Gasteiger partial charge is 0.382 e. The maximum Gasteiger partial charge on any atom is 0.254 e. The molecule has 2 heterocycles. The van der Waals surface area contributed by atoms with E-state index in [0.717, 1.165) is 54.2 Å². The number of hydrogen-bond donors (Lipinski definition) is 2. The number of fused-ring (bicyclic) bond motifs is 1. The molecule has 0 saturated heterocycles. The highest BCUT2D eigenvalue weighted by Crippen LogP contribution is 2.19. The fourth-order valence-corrected chi connectivity index (χ4v) is 2.81. The van der Waals surface area contributed by atoms with Crippen LogP contribution >= 0.6 is 0 Å². The summed E-state index contributed by atoms with van der Waals surface area (Å²) in [6.45, 7) is 6.77. The minimum atomic E-state index is -0.0816. The maximum absolute atomic E-state index is 12.4. The number of para-hydroxylation sites is 1. The van der Waals surface area contributed by atoms with Crippen LogP contribution < -0.4 is 10.9 Å². The molecule has 3 aromatic rings. The minimum Gasteiger partial charge on any atom is -0.382 e. The molecular weight excluding hydrogens is 316 g/mol. The lowest BCUT2D eigenvalue weighted by atomic mass is 10.2. The molecule has 3 rings (SSSR count). The summed E-state index contributed by atoms with van der Waals surface area (Å²) in [5, 5.41) is 8.85. The highest BCUT2D eigenvalue weighted by molar-refractivity contribution is 5.80. The van der Waals surface area contributed by atoms with Gasteiger partial charge in [-0.25, -0.2) is 4.68 Å². The SMILES string of the molecule is CCOCCCNCc1cc2c(C)nn(-c3ccccc3)c2[nH]c1=O. The first-order chi connectivity index (χ1) is 12.2. The third-order valence-electron chi connectivity index (χ3n) is 4.11. The molecule has 2 aromatic heterocycles. The van der Waals surface area contributed by atoms with Crippen LogP contribution in [0.2, 0.25) is 0 Å². The highest BCUT2D eigenvalue weighted by Gasteiger charge is 2.12. The number of rotatable bonds is 8. The molecule has 6 heteroatoms. The summed E-state index contributed by atoms with van der Waals surface area (Å²) in [5.41, 5.74) is 3.20. The minimum absolute atomic E-state index is 0.0816. The van der Waals surface area contributed by atoms with E-state index in [0.29, 0.717) is 6.54 Å². The molecule has 0 aliphatic carbocycles. The van der Waals surface area contributed by atoms with Gasteiger partial charge in [-0.2, -0.15) is 5.10 Å². The Hall–Kier alpha value is -2.44. The number of benzene rings is 1. The van der Waals surface area contributed by atoms with Crippen molar-refractivity contribution in [2.45, 2.75) is 26.8 Å². The van der Waals surface area contributed by atoms with Gasteiger partial charge < -0.3 is 15.0 Å². The van der Waals surface area contributed by atoms with Crippen LogP contribution in [-0.2, 0) is 11.3 Å². The third-order valence-corrected chi connectivity index (χ3v) is 4.11. The fourth-order valence-electron chi connectivity index (χ4n) is 2.81. The van der Waals surface area contributed by atoms with E-state index in [1.807, 2.05) is 50.2 Å². The lowest BCUT2D eigenvalue weighted by Crippen LogP contribution is -2.22. The Kier molecular flexibility index (Phi) is 5.63. The van der Waals surface area contributed by atoms with E-state index in [-0.39, 0.29) is 5.56 Å². The molecule has 6 nitrogen and oxygen atoms in total. The lowest BCUT2D eigenvalue weighted by Gasteiger charge is -2.06. The number of aryl methyl sites for hydroxylation is 1. The van der Waals surface area contributed by atoms with Gasteiger partial charge in [0.25, 0.3) is 5.56 Å². The van der Waals surface area contributed by atoms with Crippen LogP contribution in [0, 0.1) is 6.92 Å². The number of nitrogens with zero attached hydrogens (tertiary/aromatic N) is 2. The van der Waals surface area contributed by atoms with Crippen molar-refractivity contribution in [2.24, 2.45) is 0 Å². The van der Waals surface area contributed by atoms with Crippen LogP contribution in [0.15, 0.2) is 41.2 Å². The van der Waals surface area contributed by atoms with E-state index in [1.165, 1.54) is 0 Å². The Balaban J connectivity index is 1.80. The smallest absolute Gasteiger partial charge is 0.254 e. The van der Waals surface area contributed by atoms with Crippen molar-refractivity contribution in [3.63, 3.8) is 0 Å². The normalized spacial score (nSPS) is 11.3. The average molecular weight is 340 g/mol. The molecule has 1 aromatic carbocycles. The monoisotopic (exact) mass is 340 g/mol. The molecule has 0 aliphatic heterocycles. The Labute approximate surface area is 146 Å². The molecule has 0 aliphatic rings. The van der Waals surface area contributed by atoms with Gasteiger partial charge in [0.1, 0.15) is 5.65 Å². The lowest BCUT2D eigenvalue weighted by molar-refractivity contribution is 0.144. The molecule has 132 valence electrons. The zero-order valence-corrected chi connectivity index (χ0v) is 14.7. The zero-order valence-electron chi connectivity index (χ0n) is 14.7. The Morgan fingerprint density at radius 1 is 1.28 bits per heavy atom. The number of aromatic nitrogens is 3. The van der Waals surface area contributed by atoms with Crippen LogP contribution in [0.5, 0.6) is 0 Å². The number of hydrogen-bond acceptors (Lipinski definition) is 4. The topological polar surface area (TPSA) is 71.9 Å². The van der Waals surface area contributed by atoms with Gasteiger partial charge in [0.05, 0.1) is 11.4 Å². The van der Waals surface area contributed by atoms with Gasteiger partial charge in [0.15, 0.2) is 0 Å². The summed E-state index contributed by atoms with van der Waals surface area (Å²) in [7, 11) is 0. The van der Waals surface area contributed by atoms with E-state index < -0.39 is 0 Å². The quantitative estimate of drug-likeness (QED) is 0.618. The predicted molar refractivity (Wildman–Crippen MR) is 99.2 cm³/mol. The summed E-state index contributed by atoms with van der Waals surface area (Å²) < 4.78 is 7.09. The summed E-state index contributed by atoms with van der Waals surface area (Å²) in [5.74, 6) is 0. The molecule has 0 saturated carbocycles. The maximum atomic E-state index is 12.4. The van der Waals surface area contributed by atoms with Crippen molar-refractivity contribution in [3.05, 3.63) is 58.0 Å². The van der Waals surface area contributed by atoms with Crippen molar-refractivity contribution < 1.29 is 4.74 Å². The molecule has 0 spiro atoms. The second-order valence-electron chi connectivity index (χ2n) is 5.95. The summed E-state index contributed by atoms with van der Waals surface area (Å²) in [4.78, 5) is 15.4. The molecule has 0 bridgehead atoms. The second-order valence-corrected chi connectivity index (χ2v) is 5.95. The standard InChI is InChI=1S/C19H24N4O2/c1-3-25-11-7-10-20-13-15-12-17-14(2)22-23(18(17)21-19(15)24)16-8-5-4-6-9-16/h4-6,8-9,12,20H,3,7,10-11,13H2,1-2H3,(H,21,24). The van der Waals surface area contributed by atoms with Gasteiger partial charge in [-0.05, 0) is 45.0 Å². The van der Waals surface area contributed by atoms with Gasteiger partial charge >= 0.3 is 0 Å². The highest BCUT2D eigenvalue weighted by atomic mass is 16.5. The number of aromatic amines is 1. The zero-order chi connectivity index (χ0) is 17.6. The molecule has 0 atom stereocenters. The molecular formula is C19H24N4O2. The van der Waals surface area contributed by atoms with Crippen LogP contribution in [0.4, 0.5) is 0 Å². The van der Waals surface area contributed by atoms with Crippen LogP contribution in [0.25, 0.3) is 16.7 Å². The summed E-state index contributed by atoms with van der Waals surface area (Å²) in [6.07, 6.45) is 0.930.